The molecule has 6 heteroatoms. The van der Waals surface area contributed by atoms with Gasteiger partial charge in [0.25, 0.3) is 0 Å². The number of carboxylic acids is 1. The second-order valence-electron chi connectivity index (χ2n) is 5.67. The molecule has 1 rings (SSSR count). The maximum absolute atomic E-state index is 12.4. The minimum absolute atomic E-state index is 0.0345. The van der Waals surface area contributed by atoms with Gasteiger partial charge in [0.2, 0.25) is 0 Å². The number of nitrogens with zero attached hydrogens (tertiary/aromatic N) is 1. The molecule has 0 aromatic rings. The van der Waals surface area contributed by atoms with Gasteiger partial charge in [0.05, 0.1) is 6.42 Å². The summed E-state index contributed by atoms with van der Waals surface area (Å²) in [6, 6.07) is -0.214. The van der Waals surface area contributed by atoms with Crippen LogP contribution < -0.4 is 10.6 Å². The van der Waals surface area contributed by atoms with Gasteiger partial charge >= 0.3 is 12.0 Å². The highest BCUT2D eigenvalue weighted by molar-refractivity contribution is 5.76. The number of carbonyl (C=O) groups is 2. The predicted octanol–water partition coefficient (Wildman–Crippen LogP) is 1.27. The van der Waals surface area contributed by atoms with Gasteiger partial charge in [-0.05, 0) is 38.8 Å². The van der Waals surface area contributed by atoms with Crippen molar-refractivity contribution in [1.29, 1.82) is 0 Å². The summed E-state index contributed by atoms with van der Waals surface area (Å²) in [6.45, 7) is 8.31. The molecule has 2 amide bonds. The first kappa shape index (κ1) is 16.8. The molecule has 0 spiro atoms. The van der Waals surface area contributed by atoms with E-state index in [0.29, 0.717) is 6.54 Å². The Labute approximate surface area is 120 Å². The van der Waals surface area contributed by atoms with E-state index in [1.54, 1.807) is 0 Å². The van der Waals surface area contributed by atoms with Crippen molar-refractivity contribution in [1.82, 2.24) is 15.5 Å². The first-order chi connectivity index (χ1) is 9.45. The summed E-state index contributed by atoms with van der Waals surface area (Å²) < 4.78 is 0. The van der Waals surface area contributed by atoms with Gasteiger partial charge in [-0.2, -0.15) is 0 Å². The van der Waals surface area contributed by atoms with Crippen LogP contribution in [0.4, 0.5) is 4.79 Å². The Kier molecular flexibility index (Phi) is 6.78. The summed E-state index contributed by atoms with van der Waals surface area (Å²) in [5, 5.41) is 15.1. The summed E-state index contributed by atoms with van der Waals surface area (Å²) in [7, 11) is 0. The Morgan fingerprint density at radius 3 is 2.40 bits per heavy atom. The normalized spacial score (nSPS) is 17.8. The fourth-order valence-corrected chi connectivity index (χ4v) is 2.57. The molecule has 1 saturated heterocycles. The molecule has 0 aromatic carbocycles. The fraction of sp³-hybridized carbons (Fsp3) is 0.857. The van der Waals surface area contributed by atoms with Gasteiger partial charge in [0, 0.05) is 18.6 Å². The maximum atomic E-state index is 12.4. The van der Waals surface area contributed by atoms with Gasteiger partial charge in [-0.3, -0.25) is 4.79 Å². The van der Waals surface area contributed by atoms with Crippen molar-refractivity contribution in [2.24, 2.45) is 5.92 Å². The minimum Gasteiger partial charge on any atom is -0.481 e. The standard InChI is InChI=1S/C14H27N3O3/c1-4-17(11-5-7-15-8-6-11)14(20)16-12(10(2)3)9-13(18)19/h10-12,15H,4-9H2,1-3H3,(H,16,20)(H,18,19). The van der Waals surface area contributed by atoms with Gasteiger partial charge in [-0.1, -0.05) is 13.8 Å². The number of hydrogen-bond acceptors (Lipinski definition) is 3. The van der Waals surface area contributed by atoms with Crippen LogP contribution >= 0.6 is 0 Å². The van der Waals surface area contributed by atoms with E-state index in [1.807, 2.05) is 25.7 Å². The molecule has 0 radical (unpaired) electrons. The Morgan fingerprint density at radius 2 is 1.95 bits per heavy atom. The molecule has 1 aliphatic rings. The van der Waals surface area contributed by atoms with Gasteiger partial charge < -0.3 is 20.6 Å². The number of carboxylic acid groups (broad SMARTS) is 1. The van der Waals surface area contributed by atoms with Crippen molar-refractivity contribution in [3.63, 3.8) is 0 Å². The Bertz CT molecular complexity index is 328. The van der Waals surface area contributed by atoms with E-state index in [4.69, 9.17) is 5.11 Å². The van der Waals surface area contributed by atoms with Crippen molar-refractivity contribution in [2.45, 2.75) is 52.1 Å². The number of carbonyl (C=O) groups excluding carboxylic acids is 1. The molecule has 20 heavy (non-hydrogen) atoms. The van der Waals surface area contributed by atoms with E-state index in [0.717, 1.165) is 25.9 Å². The summed E-state index contributed by atoms with van der Waals surface area (Å²) in [6.07, 6.45) is 1.87. The average molecular weight is 285 g/mol. The van der Waals surface area contributed by atoms with Crippen LogP contribution in [0.5, 0.6) is 0 Å². The lowest BCUT2D eigenvalue weighted by molar-refractivity contribution is -0.137. The van der Waals surface area contributed by atoms with Crippen LogP contribution in [0.1, 0.15) is 40.0 Å². The number of nitrogens with one attached hydrogen (secondary N) is 2. The van der Waals surface area contributed by atoms with Crippen LogP contribution in [0.15, 0.2) is 0 Å². The fourth-order valence-electron chi connectivity index (χ4n) is 2.57. The monoisotopic (exact) mass is 285 g/mol. The molecule has 1 unspecified atom stereocenters. The van der Waals surface area contributed by atoms with Crippen LogP contribution in [0.2, 0.25) is 0 Å². The van der Waals surface area contributed by atoms with Crippen molar-refractivity contribution >= 4 is 12.0 Å². The van der Waals surface area contributed by atoms with Crippen molar-refractivity contribution in [2.75, 3.05) is 19.6 Å². The molecule has 1 aliphatic heterocycles. The van der Waals surface area contributed by atoms with E-state index in [2.05, 4.69) is 10.6 Å². The van der Waals surface area contributed by atoms with Crippen LogP contribution in [0.3, 0.4) is 0 Å². The van der Waals surface area contributed by atoms with Crippen molar-refractivity contribution in [3.8, 4) is 0 Å². The molecular formula is C14H27N3O3. The second-order valence-corrected chi connectivity index (χ2v) is 5.67. The number of piperidine rings is 1. The number of urea groups is 1. The van der Waals surface area contributed by atoms with E-state index < -0.39 is 5.97 Å². The number of hydrogen-bond donors (Lipinski definition) is 3. The van der Waals surface area contributed by atoms with E-state index in [-0.39, 0.29) is 30.5 Å². The average Bonchev–Trinajstić information content (AvgIpc) is 2.39. The lowest BCUT2D eigenvalue weighted by atomic mass is 10.0. The first-order valence-electron chi connectivity index (χ1n) is 7.45. The summed E-state index contributed by atoms with van der Waals surface area (Å²) in [5.41, 5.74) is 0. The molecule has 1 heterocycles. The highest BCUT2D eigenvalue weighted by Gasteiger charge is 2.27. The Hall–Kier alpha value is -1.30. The van der Waals surface area contributed by atoms with Crippen molar-refractivity contribution in [3.05, 3.63) is 0 Å². The molecule has 1 fully saturated rings. The van der Waals surface area contributed by atoms with Gasteiger partial charge in [0.15, 0.2) is 0 Å². The molecule has 0 aromatic heterocycles. The first-order valence-corrected chi connectivity index (χ1v) is 7.45. The molecule has 3 N–H and O–H groups in total. The smallest absolute Gasteiger partial charge is 0.317 e. The Balaban J connectivity index is 2.62. The summed E-state index contributed by atoms with van der Waals surface area (Å²) >= 11 is 0. The van der Waals surface area contributed by atoms with E-state index in [9.17, 15) is 9.59 Å². The molecule has 0 saturated carbocycles. The zero-order valence-corrected chi connectivity index (χ0v) is 12.7. The minimum atomic E-state index is -0.881. The number of amides is 2. The lowest BCUT2D eigenvalue weighted by Crippen LogP contribution is -2.53. The largest absolute Gasteiger partial charge is 0.481 e. The number of rotatable bonds is 6. The van der Waals surface area contributed by atoms with Crippen LogP contribution in [-0.4, -0.2) is 53.7 Å². The zero-order chi connectivity index (χ0) is 15.1. The van der Waals surface area contributed by atoms with Crippen LogP contribution in [0.25, 0.3) is 0 Å². The molecule has 6 nitrogen and oxygen atoms in total. The summed E-state index contributed by atoms with van der Waals surface area (Å²) in [4.78, 5) is 25.1. The van der Waals surface area contributed by atoms with Crippen LogP contribution in [-0.2, 0) is 4.79 Å². The van der Waals surface area contributed by atoms with Gasteiger partial charge in [-0.15, -0.1) is 0 Å². The highest BCUT2D eigenvalue weighted by atomic mass is 16.4. The quantitative estimate of drug-likeness (QED) is 0.686. The highest BCUT2D eigenvalue weighted by Crippen LogP contribution is 2.13. The third kappa shape index (κ3) is 5.00. The third-order valence-electron chi connectivity index (χ3n) is 3.86. The molecule has 116 valence electrons. The van der Waals surface area contributed by atoms with Crippen LogP contribution in [0, 0.1) is 5.92 Å². The van der Waals surface area contributed by atoms with E-state index in [1.165, 1.54) is 0 Å². The molecule has 1 atom stereocenters. The van der Waals surface area contributed by atoms with Gasteiger partial charge in [-0.25, -0.2) is 4.79 Å². The SMILES string of the molecule is CCN(C(=O)NC(CC(=O)O)C(C)C)C1CCNCC1. The van der Waals surface area contributed by atoms with Gasteiger partial charge in [0.1, 0.15) is 0 Å². The molecule has 0 bridgehead atoms. The van der Waals surface area contributed by atoms with E-state index >= 15 is 0 Å². The van der Waals surface area contributed by atoms with Crippen molar-refractivity contribution < 1.29 is 14.7 Å². The molecule has 0 aliphatic carbocycles. The second kappa shape index (κ2) is 8.09. The topological polar surface area (TPSA) is 81.7 Å². The Morgan fingerprint density at radius 1 is 1.35 bits per heavy atom. The lowest BCUT2D eigenvalue weighted by Gasteiger charge is -2.35. The molecular weight excluding hydrogens is 258 g/mol. The maximum Gasteiger partial charge on any atom is 0.317 e. The summed E-state index contributed by atoms with van der Waals surface area (Å²) in [5.74, 6) is -0.782. The zero-order valence-electron chi connectivity index (χ0n) is 12.7. The third-order valence-corrected chi connectivity index (χ3v) is 3.86. The predicted molar refractivity (Wildman–Crippen MR) is 77.7 cm³/mol. The number of aliphatic carboxylic acids is 1.